The van der Waals surface area contributed by atoms with Crippen LogP contribution in [0.4, 0.5) is 0 Å². The molecule has 1 saturated carbocycles. The molecular formula is C9H15O3V. The SMILES string of the molecule is C=CCC1([O][V](=[O])=[O])CCCCC1. The average Bonchev–Trinajstić information content (AvgIpc) is 2.04. The molecule has 0 amide bonds. The van der Waals surface area contributed by atoms with Crippen molar-refractivity contribution in [1.29, 1.82) is 0 Å². The maximum absolute atomic E-state index is 10.6. The van der Waals surface area contributed by atoms with Crippen molar-refractivity contribution in [2.75, 3.05) is 0 Å². The summed E-state index contributed by atoms with van der Waals surface area (Å²) in [6.45, 7) is 3.64. The van der Waals surface area contributed by atoms with Gasteiger partial charge in [0.05, 0.1) is 0 Å². The third-order valence-corrected chi connectivity index (χ3v) is 3.39. The second-order valence-electron chi connectivity index (χ2n) is 3.55. The van der Waals surface area contributed by atoms with Crippen LogP contribution in [0.3, 0.4) is 0 Å². The molecule has 0 aromatic rings. The van der Waals surface area contributed by atoms with Crippen molar-refractivity contribution >= 4 is 0 Å². The van der Waals surface area contributed by atoms with E-state index in [1.807, 2.05) is 0 Å². The minimum absolute atomic E-state index is 0.427. The molecule has 0 aromatic carbocycles. The van der Waals surface area contributed by atoms with E-state index in [-0.39, 0.29) is 0 Å². The molecule has 0 radical (unpaired) electrons. The summed E-state index contributed by atoms with van der Waals surface area (Å²) in [7, 11) is 0. The first-order chi connectivity index (χ1) is 6.18. The van der Waals surface area contributed by atoms with Crippen molar-refractivity contribution in [2.45, 2.75) is 44.1 Å². The van der Waals surface area contributed by atoms with Gasteiger partial charge >= 0.3 is 83.2 Å². The fourth-order valence-electron chi connectivity index (χ4n) is 1.95. The van der Waals surface area contributed by atoms with Crippen molar-refractivity contribution in [3.8, 4) is 0 Å². The van der Waals surface area contributed by atoms with Gasteiger partial charge in [0.2, 0.25) is 0 Å². The van der Waals surface area contributed by atoms with Crippen molar-refractivity contribution in [3.05, 3.63) is 12.7 Å². The molecule has 0 aromatic heterocycles. The van der Waals surface area contributed by atoms with E-state index in [9.17, 15) is 7.35 Å². The topological polar surface area (TPSA) is 43.4 Å². The van der Waals surface area contributed by atoms with Crippen LogP contribution in [0.5, 0.6) is 0 Å². The van der Waals surface area contributed by atoms with Crippen molar-refractivity contribution in [1.82, 2.24) is 0 Å². The van der Waals surface area contributed by atoms with Gasteiger partial charge in [-0.2, -0.15) is 0 Å². The molecule has 0 unspecified atom stereocenters. The van der Waals surface area contributed by atoms with Crippen LogP contribution in [0.25, 0.3) is 0 Å². The van der Waals surface area contributed by atoms with Crippen molar-refractivity contribution in [3.63, 3.8) is 0 Å². The van der Waals surface area contributed by atoms with Crippen LogP contribution in [0.1, 0.15) is 38.5 Å². The van der Waals surface area contributed by atoms with Crippen LogP contribution in [-0.4, -0.2) is 5.60 Å². The zero-order valence-electron chi connectivity index (χ0n) is 7.70. The molecular weight excluding hydrogens is 207 g/mol. The third-order valence-electron chi connectivity index (χ3n) is 2.55. The van der Waals surface area contributed by atoms with Gasteiger partial charge in [0.25, 0.3) is 0 Å². The van der Waals surface area contributed by atoms with Crippen LogP contribution in [0, 0.1) is 0 Å². The summed E-state index contributed by atoms with van der Waals surface area (Å²) in [5.41, 5.74) is -0.427. The van der Waals surface area contributed by atoms with E-state index in [1.54, 1.807) is 6.08 Å². The minimum atomic E-state index is -3.45. The average molecular weight is 222 g/mol. The Morgan fingerprint density at radius 3 is 2.38 bits per heavy atom. The summed E-state index contributed by atoms with van der Waals surface area (Å²) in [5.74, 6) is 0. The van der Waals surface area contributed by atoms with Gasteiger partial charge in [-0.3, -0.25) is 0 Å². The quantitative estimate of drug-likeness (QED) is 0.686. The second kappa shape index (κ2) is 4.94. The Hall–Kier alpha value is -0.116. The van der Waals surface area contributed by atoms with E-state index in [2.05, 4.69) is 6.58 Å². The van der Waals surface area contributed by atoms with Gasteiger partial charge in [-0.1, -0.05) is 0 Å². The standard InChI is InChI=1S/C9H15O.2O.V/c1-2-6-9(10)7-4-3-5-8-9;;;/h2H,1,3-8H2;;;/q-1;;;+1. The summed E-state index contributed by atoms with van der Waals surface area (Å²) in [6.07, 6.45) is 7.44. The number of hydrogen-bond acceptors (Lipinski definition) is 3. The van der Waals surface area contributed by atoms with Crippen LogP contribution in [0.2, 0.25) is 0 Å². The Bertz CT molecular complexity index is 231. The number of hydrogen-bond donors (Lipinski definition) is 0. The summed E-state index contributed by atoms with van der Waals surface area (Å²) >= 11 is -3.45. The molecule has 0 heterocycles. The summed E-state index contributed by atoms with van der Waals surface area (Å²) in [4.78, 5) is 0. The first kappa shape index (κ1) is 11.0. The number of rotatable bonds is 4. The molecule has 74 valence electrons. The van der Waals surface area contributed by atoms with Gasteiger partial charge < -0.3 is 0 Å². The first-order valence-corrected chi connectivity index (χ1v) is 6.34. The molecule has 13 heavy (non-hydrogen) atoms. The van der Waals surface area contributed by atoms with Crippen molar-refractivity contribution < 1.29 is 26.4 Å². The fourth-order valence-corrected chi connectivity index (χ4v) is 2.85. The Morgan fingerprint density at radius 2 is 1.92 bits per heavy atom. The molecule has 1 aliphatic rings. The predicted molar refractivity (Wildman–Crippen MR) is 43.1 cm³/mol. The van der Waals surface area contributed by atoms with Gasteiger partial charge in [0.1, 0.15) is 0 Å². The van der Waals surface area contributed by atoms with E-state index in [1.165, 1.54) is 6.42 Å². The molecule has 0 aliphatic heterocycles. The summed E-state index contributed by atoms with van der Waals surface area (Å²) < 4.78 is 26.3. The van der Waals surface area contributed by atoms with Gasteiger partial charge in [0.15, 0.2) is 0 Å². The van der Waals surface area contributed by atoms with Gasteiger partial charge in [0, 0.05) is 0 Å². The Labute approximate surface area is 83.5 Å². The van der Waals surface area contributed by atoms with E-state index < -0.39 is 21.0 Å². The molecule has 4 heteroatoms. The molecule has 1 rings (SSSR count). The van der Waals surface area contributed by atoms with E-state index >= 15 is 0 Å². The summed E-state index contributed by atoms with van der Waals surface area (Å²) in [6, 6.07) is 0. The molecule has 0 saturated heterocycles. The van der Waals surface area contributed by atoms with E-state index in [0.29, 0.717) is 6.42 Å². The van der Waals surface area contributed by atoms with Crippen LogP contribution in [-0.2, 0) is 26.4 Å². The van der Waals surface area contributed by atoms with Gasteiger partial charge in [-0.05, 0) is 0 Å². The molecule has 0 atom stereocenters. The van der Waals surface area contributed by atoms with Crippen molar-refractivity contribution in [2.24, 2.45) is 0 Å². The van der Waals surface area contributed by atoms with Crippen LogP contribution < -0.4 is 0 Å². The van der Waals surface area contributed by atoms with Crippen LogP contribution >= 0.6 is 0 Å². The fraction of sp³-hybridized carbons (Fsp3) is 0.778. The van der Waals surface area contributed by atoms with E-state index in [0.717, 1.165) is 25.7 Å². The zero-order valence-corrected chi connectivity index (χ0v) is 9.10. The molecule has 3 nitrogen and oxygen atoms in total. The predicted octanol–water partition coefficient (Wildman–Crippen LogP) is 2.51. The zero-order chi connectivity index (χ0) is 9.73. The Morgan fingerprint density at radius 1 is 1.31 bits per heavy atom. The summed E-state index contributed by atoms with van der Waals surface area (Å²) in [5, 5.41) is 0. The van der Waals surface area contributed by atoms with Crippen LogP contribution in [0.15, 0.2) is 12.7 Å². The van der Waals surface area contributed by atoms with Gasteiger partial charge in [-0.15, -0.1) is 0 Å². The monoisotopic (exact) mass is 222 g/mol. The normalized spacial score (nSPS) is 20.9. The Balaban J connectivity index is 2.65. The molecule has 0 N–H and O–H groups in total. The molecule has 1 aliphatic carbocycles. The third kappa shape index (κ3) is 3.26. The maximum atomic E-state index is 10.6. The molecule has 0 spiro atoms. The van der Waals surface area contributed by atoms with E-state index in [4.69, 9.17) is 3.66 Å². The Kier molecular flexibility index (Phi) is 4.16. The van der Waals surface area contributed by atoms with Gasteiger partial charge in [-0.25, -0.2) is 0 Å². The molecule has 0 bridgehead atoms. The molecule has 1 fully saturated rings. The first-order valence-electron chi connectivity index (χ1n) is 4.63. The second-order valence-corrected chi connectivity index (χ2v) is 4.53.